The molecular weight excluding hydrogens is 377 g/mol. The Hall–Kier alpha value is -2.29. The van der Waals surface area contributed by atoms with Crippen molar-refractivity contribution in [2.24, 2.45) is 0 Å². The summed E-state index contributed by atoms with van der Waals surface area (Å²) in [6.45, 7) is -2.94. The van der Waals surface area contributed by atoms with Crippen molar-refractivity contribution < 1.29 is 31.5 Å². The van der Waals surface area contributed by atoms with E-state index >= 15 is 0 Å². The third kappa shape index (κ3) is 6.91. The number of rotatable bonds is 7. The zero-order chi connectivity index (χ0) is 19.2. The van der Waals surface area contributed by atoms with Gasteiger partial charge in [0, 0.05) is 4.90 Å². The topological polar surface area (TPSA) is 38.3 Å². The van der Waals surface area contributed by atoms with Crippen LogP contribution in [0, 0.1) is 0 Å². The van der Waals surface area contributed by atoms with Crippen molar-refractivity contribution >= 4 is 23.4 Å². The van der Waals surface area contributed by atoms with E-state index in [1.54, 1.807) is 12.1 Å². The van der Waals surface area contributed by atoms with Gasteiger partial charge in [0.15, 0.2) is 0 Å². The lowest BCUT2D eigenvalue weighted by Gasteiger charge is -2.12. The highest BCUT2D eigenvalue weighted by Crippen LogP contribution is 2.32. The molecule has 9 heteroatoms. The molecule has 0 bridgehead atoms. The maximum atomic E-state index is 12.4. The van der Waals surface area contributed by atoms with Crippen LogP contribution < -0.4 is 10.1 Å². The summed E-state index contributed by atoms with van der Waals surface area (Å²) in [5, 5.41) is 2.56. The number of thioether (sulfide) groups is 1. The summed E-state index contributed by atoms with van der Waals surface area (Å²) in [5.74, 6) is -1.53. The molecule has 0 aromatic heterocycles. The third-order valence-corrected chi connectivity index (χ3v) is 4.20. The molecule has 0 heterocycles. The number of anilines is 1. The predicted octanol–water partition coefficient (Wildman–Crippen LogP) is 5.12. The van der Waals surface area contributed by atoms with E-state index in [0.717, 1.165) is 0 Å². The van der Waals surface area contributed by atoms with Crippen LogP contribution in [0.25, 0.3) is 0 Å². The first-order valence-corrected chi connectivity index (χ1v) is 8.34. The summed E-state index contributed by atoms with van der Waals surface area (Å²) in [6, 6.07) is 11.7. The monoisotopic (exact) mass is 391 g/mol. The van der Waals surface area contributed by atoms with E-state index in [0.29, 0.717) is 22.2 Å². The Bertz CT molecular complexity index is 735. The number of carbonyl (C=O) groups is 1. The molecule has 0 saturated carbocycles. The smallest absolute Gasteiger partial charge is 0.398 e. The minimum absolute atomic E-state index is 0.0296. The van der Waals surface area contributed by atoms with E-state index in [-0.39, 0.29) is 17.9 Å². The molecule has 0 aliphatic heterocycles. The van der Waals surface area contributed by atoms with E-state index in [9.17, 15) is 26.7 Å². The van der Waals surface area contributed by atoms with Gasteiger partial charge >= 0.3 is 12.8 Å². The molecule has 0 aliphatic rings. The molecule has 1 N–H and O–H groups in total. The van der Waals surface area contributed by atoms with Gasteiger partial charge in [-0.25, -0.2) is 0 Å². The van der Waals surface area contributed by atoms with Crippen molar-refractivity contribution in [3.8, 4) is 5.75 Å². The fraction of sp³-hybridized carbons (Fsp3) is 0.235. The number of hydrogen-bond acceptors (Lipinski definition) is 3. The minimum atomic E-state index is -4.32. The van der Waals surface area contributed by atoms with Crippen LogP contribution >= 0.6 is 11.8 Å². The van der Waals surface area contributed by atoms with Gasteiger partial charge in [0.25, 0.3) is 0 Å². The molecule has 0 atom stereocenters. The molecule has 2 aromatic rings. The van der Waals surface area contributed by atoms with Crippen LogP contribution in [0.5, 0.6) is 5.75 Å². The van der Waals surface area contributed by atoms with Crippen LogP contribution in [0.15, 0.2) is 53.4 Å². The second-order valence-corrected chi connectivity index (χ2v) is 6.16. The molecular formula is C17H14F5NO2S. The van der Waals surface area contributed by atoms with Crippen LogP contribution in [0.4, 0.5) is 27.6 Å². The lowest BCUT2D eigenvalue weighted by Crippen LogP contribution is -2.15. The zero-order valence-electron chi connectivity index (χ0n) is 13.2. The van der Waals surface area contributed by atoms with Gasteiger partial charge in [-0.3, -0.25) is 4.79 Å². The number of para-hydroxylation sites is 1. The summed E-state index contributed by atoms with van der Waals surface area (Å²) in [7, 11) is 0. The number of carbonyl (C=O) groups excluding carboxylic acids is 1. The van der Waals surface area contributed by atoms with Gasteiger partial charge in [0.05, 0.1) is 17.9 Å². The standard InChI is InChI=1S/C17H14F5NO2S/c18-16(19)25-12-7-5-11(6-8-12)9-15(24)23-13-3-1-2-4-14(13)26-10-17(20,21)22/h1-8,16H,9-10H2,(H,23,24). The Labute approximate surface area is 150 Å². The first-order valence-electron chi connectivity index (χ1n) is 7.35. The van der Waals surface area contributed by atoms with Crippen molar-refractivity contribution in [2.45, 2.75) is 24.1 Å². The maximum absolute atomic E-state index is 12.4. The first kappa shape index (κ1) is 20.0. The molecule has 0 spiro atoms. The Morgan fingerprint density at radius 3 is 2.35 bits per heavy atom. The van der Waals surface area contributed by atoms with Gasteiger partial charge in [-0.2, -0.15) is 22.0 Å². The summed E-state index contributed by atoms with van der Waals surface area (Å²) in [6.07, 6.45) is -4.38. The summed E-state index contributed by atoms with van der Waals surface area (Å²) in [5.41, 5.74) is 0.828. The molecule has 3 nitrogen and oxygen atoms in total. The second kappa shape index (κ2) is 8.88. The van der Waals surface area contributed by atoms with Gasteiger partial charge in [-0.15, -0.1) is 11.8 Å². The molecule has 26 heavy (non-hydrogen) atoms. The van der Waals surface area contributed by atoms with E-state index in [4.69, 9.17) is 0 Å². The highest BCUT2D eigenvalue weighted by atomic mass is 32.2. The summed E-state index contributed by atoms with van der Waals surface area (Å²) in [4.78, 5) is 12.4. The number of hydrogen-bond donors (Lipinski definition) is 1. The van der Waals surface area contributed by atoms with Gasteiger partial charge in [-0.1, -0.05) is 24.3 Å². The SMILES string of the molecule is O=C(Cc1ccc(OC(F)F)cc1)Nc1ccccc1SCC(F)(F)F. The normalized spacial score (nSPS) is 11.5. The number of halogens is 5. The molecule has 0 fully saturated rings. The van der Waals surface area contributed by atoms with Gasteiger partial charge in [0.2, 0.25) is 5.91 Å². The Morgan fingerprint density at radius 2 is 1.73 bits per heavy atom. The molecule has 0 aliphatic carbocycles. The average Bonchev–Trinajstić information content (AvgIpc) is 2.54. The summed E-state index contributed by atoms with van der Waals surface area (Å²) >= 11 is 0.583. The van der Waals surface area contributed by atoms with Gasteiger partial charge in [0.1, 0.15) is 5.75 Å². The largest absolute Gasteiger partial charge is 0.435 e. The van der Waals surface area contributed by atoms with Crippen LogP contribution in [-0.4, -0.2) is 24.4 Å². The number of alkyl halides is 5. The number of ether oxygens (including phenoxy) is 1. The molecule has 0 radical (unpaired) electrons. The zero-order valence-corrected chi connectivity index (χ0v) is 14.0. The average molecular weight is 391 g/mol. The van der Waals surface area contributed by atoms with E-state index in [1.807, 2.05) is 0 Å². The fourth-order valence-electron chi connectivity index (χ4n) is 2.02. The van der Waals surface area contributed by atoms with Crippen molar-refractivity contribution in [3.63, 3.8) is 0 Å². The number of amides is 1. The minimum Gasteiger partial charge on any atom is -0.435 e. The number of benzene rings is 2. The summed E-state index contributed by atoms with van der Waals surface area (Å²) < 4.78 is 65.5. The first-order chi connectivity index (χ1) is 12.2. The van der Waals surface area contributed by atoms with Crippen LogP contribution in [0.1, 0.15) is 5.56 Å². The molecule has 1 amide bonds. The van der Waals surface area contributed by atoms with E-state index in [2.05, 4.69) is 10.1 Å². The second-order valence-electron chi connectivity index (χ2n) is 5.15. The van der Waals surface area contributed by atoms with Crippen LogP contribution in [0.3, 0.4) is 0 Å². The Kier molecular flexibility index (Phi) is 6.84. The lowest BCUT2D eigenvalue weighted by atomic mass is 10.1. The molecule has 0 saturated heterocycles. The lowest BCUT2D eigenvalue weighted by molar-refractivity contribution is -0.115. The molecule has 0 unspecified atom stereocenters. The van der Waals surface area contributed by atoms with E-state index in [1.165, 1.54) is 36.4 Å². The van der Waals surface area contributed by atoms with Gasteiger partial charge in [-0.05, 0) is 29.8 Å². The molecule has 140 valence electrons. The van der Waals surface area contributed by atoms with Crippen LogP contribution in [-0.2, 0) is 11.2 Å². The van der Waals surface area contributed by atoms with Gasteiger partial charge < -0.3 is 10.1 Å². The van der Waals surface area contributed by atoms with E-state index < -0.39 is 24.4 Å². The molecule has 2 aromatic carbocycles. The van der Waals surface area contributed by atoms with Crippen LogP contribution in [0.2, 0.25) is 0 Å². The highest BCUT2D eigenvalue weighted by molar-refractivity contribution is 7.99. The Morgan fingerprint density at radius 1 is 1.08 bits per heavy atom. The quantitative estimate of drug-likeness (QED) is 0.526. The van der Waals surface area contributed by atoms with Crippen molar-refractivity contribution in [1.29, 1.82) is 0 Å². The highest BCUT2D eigenvalue weighted by Gasteiger charge is 2.27. The van der Waals surface area contributed by atoms with Crippen molar-refractivity contribution in [3.05, 3.63) is 54.1 Å². The predicted molar refractivity (Wildman–Crippen MR) is 88.6 cm³/mol. The van der Waals surface area contributed by atoms with Crippen molar-refractivity contribution in [1.82, 2.24) is 0 Å². The maximum Gasteiger partial charge on any atom is 0.398 e. The Balaban J connectivity index is 1.97. The number of nitrogens with one attached hydrogen (secondary N) is 1. The third-order valence-electron chi connectivity index (χ3n) is 3.07. The fourth-order valence-corrected chi connectivity index (χ4v) is 2.79. The van der Waals surface area contributed by atoms with Crippen molar-refractivity contribution in [2.75, 3.05) is 11.1 Å². The molecule has 2 rings (SSSR count).